The van der Waals surface area contributed by atoms with Crippen LogP contribution in [0, 0.1) is 5.41 Å². The molecule has 3 N–H and O–H groups in total. The van der Waals surface area contributed by atoms with Crippen LogP contribution in [0.4, 0.5) is 0 Å². The summed E-state index contributed by atoms with van der Waals surface area (Å²) >= 11 is 17.4. The number of carbonyl (C=O) groups excluding carboxylic acids is 2. The highest BCUT2D eigenvalue weighted by atomic mass is 35.5. The van der Waals surface area contributed by atoms with Gasteiger partial charge in [0.15, 0.2) is 0 Å². The van der Waals surface area contributed by atoms with Crippen molar-refractivity contribution in [1.82, 2.24) is 10.9 Å². The van der Waals surface area contributed by atoms with Gasteiger partial charge < -0.3 is 5.11 Å². The minimum Gasteiger partial charge on any atom is -0.507 e. The van der Waals surface area contributed by atoms with Crippen molar-refractivity contribution < 1.29 is 14.7 Å². The molecule has 0 radical (unpaired) electrons. The number of rotatable bonds is 2. The fourth-order valence-electron chi connectivity index (χ4n) is 1.66. The third-order valence-corrected chi connectivity index (χ3v) is 4.59. The van der Waals surface area contributed by atoms with Gasteiger partial charge in [0.1, 0.15) is 10.1 Å². The summed E-state index contributed by atoms with van der Waals surface area (Å²) < 4.78 is -1.12. The molecule has 1 aromatic carbocycles. The van der Waals surface area contributed by atoms with E-state index >= 15 is 0 Å². The van der Waals surface area contributed by atoms with Gasteiger partial charge in [-0.25, -0.2) is 0 Å². The summed E-state index contributed by atoms with van der Waals surface area (Å²) in [6, 6.07) is 4.00. The lowest BCUT2D eigenvalue weighted by Crippen LogP contribution is -2.45. The number of nitrogens with one attached hydrogen (secondary N) is 2. The average Bonchev–Trinajstić information content (AvgIpc) is 2.89. The first-order chi connectivity index (χ1) is 9.17. The van der Waals surface area contributed by atoms with Gasteiger partial charge in [0.25, 0.3) is 5.91 Å². The van der Waals surface area contributed by atoms with Gasteiger partial charge in [0, 0.05) is 5.02 Å². The third-order valence-electron chi connectivity index (χ3n) is 3.25. The van der Waals surface area contributed by atoms with Gasteiger partial charge in [-0.2, -0.15) is 0 Å². The Morgan fingerprint density at radius 3 is 2.45 bits per heavy atom. The number of phenols is 1. The van der Waals surface area contributed by atoms with Gasteiger partial charge in [-0.3, -0.25) is 20.4 Å². The van der Waals surface area contributed by atoms with Crippen molar-refractivity contribution in [2.24, 2.45) is 5.41 Å². The van der Waals surface area contributed by atoms with E-state index in [0.29, 0.717) is 6.42 Å². The number of hydrogen-bond donors (Lipinski definition) is 3. The molecule has 0 aromatic heterocycles. The maximum absolute atomic E-state index is 11.8. The molecule has 5 nitrogen and oxygen atoms in total. The van der Waals surface area contributed by atoms with E-state index in [1.165, 1.54) is 18.2 Å². The molecule has 1 aliphatic rings. The summed E-state index contributed by atoms with van der Waals surface area (Å²) in [5, 5.41) is 9.84. The molecule has 0 heterocycles. The number of carbonyl (C=O) groups is 2. The molecule has 108 valence electrons. The molecule has 1 atom stereocenters. The lowest BCUT2D eigenvalue weighted by molar-refractivity contribution is -0.126. The SMILES string of the molecule is CC1(C(=O)NNC(=O)c2cc(Cl)ccc2O)CC1(Cl)Cl. The van der Waals surface area contributed by atoms with Crippen LogP contribution in [0.1, 0.15) is 23.7 Å². The first kappa shape index (κ1) is 15.2. The van der Waals surface area contributed by atoms with Gasteiger partial charge in [-0.1, -0.05) is 11.6 Å². The zero-order valence-electron chi connectivity index (χ0n) is 10.3. The van der Waals surface area contributed by atoms with Crippen LogP contribution < -0.4 is 10.9 Å². The number of phenolic OH excluding ortho intramolecular Hbond substituents is 1. The van der Waals surface area contributed by atoms with E-state index in [1.54, 1.807) is 6.92 Å². The zero-order valence-corrected chi connectivity index (χ0v) is 12.6. The van der Waals surface area contributed by atoms with Gasteiger partial charge in [-0.15, -0.1) is 23.2 Å². The Morgan fingerprint density at radius 2 is 1.90 bits per heavy atom. The summed E-state index contributed by atoms with van der Waals surface area (Å²) in [4.78, 5) is 23.7. The molecule has 1 fully saturated rings. The topological polar surface area (TPSA) is 78.4 Å². The minimum absolute atomic E-state index is 0.0539. The molecule has 0 saturated heterocycles. The monoisotopic (exact) mass is 336 g/mol. The second-order valence-corrected chi connectivity index (χ2v) is 6.70. The number of halogens is 3. The fraction of sp³-hybridized carbons (Fsp3) is 0.333. The summed E-state index contributed by atoms with van der Waals surface area (Å²) in [5.74, 6) is -1.45. The van der Waals surface area contributed by atoms with Crippen LogP contribution >= 0.6 is 34.8 Å². The predicted octanol–water partition coefficient (Wildman–Crippen LogP) is 2.39. The Balaban J connectivity index is 2.00. The number of aromatic hydroxyl groups is 1. The van der Waals surface area contributed by atoms with Crippen LogP contribution in [0.2, 0.25) is 5.02 Å². The number of benzene rings is 1. The Labute approximate surface area is 130 Å². The van der Waals surface area contributed by atoms with E-state index in [-0.39, 0.29) is 16.3 Å². The van der Waals surface area contributed by atoms with Gasteiger partial charge >= 0.3 is 0 Å². The van der Waals surface area contributed by atoms with E-state index in [1.807, 2.05) is 0 Å². The zero-order chi connectivity index (χ0) is 15.1. The number of hydrazine groups is 1. The minimum atomic E-state index is -1.12. The molecule has 2 amide bonds. The predicted molar refractivity (Wildman–Crippen MR) is 75.9 cm³/mol. The first-order valence-corrected chi connectivity index (χ1v) is 6.78. The molecule has 0 spiro atoms. The quantitative estimate of drug-likeness (QED) is 0.573. The van der Waals surface area contributed by atoms with Crippen molar-refractivity contribution in [3.05, 3.63) is 28.8 Å². The lowest BCUT2D eigenvalue weighted by atomic mass is 10.1. The van der Waals surface area contributed by atoms with Gasteiger partial charge in [0.2, 0.25) is 5.91 Å². The average molecular weight is 338 g/mol. The summed E-state index contributed by atoms with van der Waals surface area (Å²) in [5.41, 5.74) is 3.40. The smallest absolute Gasteiger partial charge is 0.273 e. The van der Waals surface area contributed by atoms with E-state index in [9.17, 15) is 14.7 Å². The lowest BCUT2D eigenvalue weighted by Gasteiger charge is -2.13. The third kappa shape index (κ3) is 2.66. The molecule has 1 aliphatic carbocycles. The Morgan fingerprint density at radius 1 is 1.30 bits per heavy atom. The van der Waals surface area contributed by atoms with Crippen LogP contribution in [0.3, 0.4) is 0 Å². The highest BCUT2D eigenvalue weighted by molar-refractivity contribution is 6.53. The number of hydrogen-bond acceptors (Lipinski definition) is 3. The van der Waals surface area contributed by atoms with Crippen LogP contribution in [0.25, 0.3) is 0 Å². The van der Waals surface area contributed by atoms with Crippen LogP contribution in [-0.2, 0) is 4.79 Å². The normalized spacial score (nSPS) is 23.0. The molecule has 2 rings (SSSR count). The van der Waals surface area contributed by atoms with Gasteiger partial charge in [-0.05, 0) is 31.5 Å². The van der Waals surface area contributed by atoms with E-state index in [2.05, 4.69) is 10.9 Å². The standard InChI is InChI=1S/C12H11Cl3N2O3/c1-11(5-12(11,14)15)10(20)17-16-9(19)7-4-6(13)2-3-8(7)18/h2-4,18H,5H2,1H3,(H,16,19)(H,17,20). The highest BCUT2D eigenvalue weighted by Gasteiger charge is 2.68. The van der Waals surface area contributed by atoms with Crippen molar-refractivity contribution in [2.45, 2.75) is 17.7 Å². The molecular formula is C12H11Cl3N2O3. The fourth-order valence-corrected chi connectivity index (χ4v) is 2.53. The Kier molecular flexibility index (Phi) is 3.79. The Hall–Kier alpha value is -1.17. The molecule has 0 bridgehead atoms. The molecule has 1 saturated carbocycles. The number of alkyl halides is 2. The second-order valence-electron chi connectivity index (χ2n) is 4.78. The summed E-state index contributed by atoms with van der Waals surface area (Å²) in [6.07, 6.45) is 0.299. The summed E-state index contributed by atoms with van der Waals surface area (Å²) in [6.45, 7) is 1.59. The largest absolute Gasteiger partial charge is 0.507 e. The molecule has 8 heteroatoms. The molecule has 1 aromatic rings. The number of amides is 2. The Bertz CT molecular complexity index is 591. The second kappa shape index (κ2) is 4.98. The molecular weight excluding hydrogens is 327 g/mol. The van der Waals surface area contributed by atoms with Gasteiger partial charge in [0.05, 0.1) is 11.0 Å². The molecule has 20 heavy (non-hydrogen) atoms. The maximum atomic E-state index is 11.8. The van der Waals surface area contributed by atoms with E-state index < -0.39 is 21.6 Å². The van der Waals surface area contributed by atoms with Crippen molar-refractivity contribution >= 4 is 46.6 Å². The van der Waals surface area contributed by atoms with Crippen LogP contribution in [-0.4, -0.2) is 21.3 Å². The van der Waals surface area contributed by atoms with Crippen molar-refractivity contribution in [1.29, 1.82) is 0 Å². The highest BCUT2D eigenvalue weighted by Crippen LogP contribution is 2.63. The molecule has 1 unspecified atom stereocenters. The first-order valence-electron chi connectivity index (χ1n) is 5.64. The van der Waals surface area contributed by atoms with Crippen LogP contribution in [0.15, 0.2) is 18.2 Å². The van der Waals surface area contributed by atoms with E-state index in [0.717, 1.165) is 0 Å². The summed E-state index contributed by atoms with van der Waals surface area (Å²) in [7, 11) is 0. The van der Waals surface area contributed by atoms with Crippen LogP contribution in [0.5, 0.6) is 5.75 Å². The maximum Gasteiger partial charge on any atom is 0.273 e. The van der Waals surface area contributed by atoms with Crippen molar-refractivity contribution in [2.75, 3.05) is 0 Å². The van der Waals surface area contributed by atoms with Crippen molar-refractivity contribution in [3.63, 3.8) is 0 Å². The molecule has 0 aliphatic heterocycles. The van der Waals surface area contributed by atoms with Crippen molar-refractivity contribution in [3.8, 4) is 5.75 Å². The van der Waals surface area contributed by atoms with E-state index in [4.69, 9.17) is 34.8 Å².